The van der Waals surface area contributed by atoms with Crippen LogP contribution in [0.25, 0.3) is 0 Å². The summed E-state index contributed by atoms with van der Waals surface area (Å²) >= 11 is 0. The van der Waals surface area contributed by atoms with E-state index in [4.69, 9.17) is 4.74 Å². The molecule has 6 atom stereocenters. The van der Waals surface area contributed by atoms with E-state index in [0.717, 1.165) is 5.56 Å². The minimum Gasteiger partial charge on any atom is -0.507 e. The zero-order valence-electron chi connectivity index (χ0n) is 21.9. The Balaban J connectivity index is 1.99. The average molecular weight is 526 g/mol. The largest absolute Gasteiger partial charge is 0.507 e. The predicted molar refractivity (Wildman–Crippen MR) is 139 cm³/mol. The van der Waals surface area contributed by atoms with Crippen molar-refractivity contribution in [1.82, 2.24) is 16.0 Å². The molecule has 0 aromatic heterocycles. The van der Waals surface area contributed by atoms with Gasteiger partial charge in [0.2, 0.25) is 5.91 Å². The van der Waals surface area contributed by atoms with Crippen LogP contribution in [0, 0.1) is 11.8 Å². The number of nitrogens with one attached hydrogen (secondary N) is 3. The summed E-state index contributed by atoms with van der Waals surface area (Å²) < 4.78 is 5.51. The first-order chi connectivity index (χ1) is 18.0. The molecule has 1 heterocycles. The number of phenols is 1. The average Bonchev–Trinajstić information content (AvgIpc) is 2.88. The Kier molecular flexibility index (Phi) is 9.46. The van der Waals surface area contributed by atoms with Gasteiger partial charge >= 0.3 is 5.97 Å². The number of para-hydroxylation sites is 1. The minimum absolute atomic E-state index is 0.0478. The lowest BCUT2D eigenvalue weighted by Gasteiger charge is -2.34. The summed E-state index contributed by atoms with van der Waals surface area (Å²) in [6.45, 7) is 6.41. The molecule has 1 unspecified atom stereocenters. The Labute approximate surface area is 221 Å². The molecule has 10 nitrogen and oxygen atoms in total. The van der Waals surface area contributed by atoms with Crippen LogP contribution in [0.4, 0.5) is 0 Å². The quantitative estimate of drug-likeness (QED) is 0.369. The minimum atomic E-state index is -1.35. The number of esters is 1. The molecule has 0 saturated carbocycles. The normalized spacial score (nSPS) is 26.8. The lowest BCUT2D eigenvalue weighted by atomic mass is 9.92. The van der Waals surface area contributed by atoms with Crippen LogP contribution in [0.2, 0.25) is 0 Å². The third kappa shape index (κ3) is 6.89. The number of cyclic esters (lactones) is 1. The fraction of sp³-hybridized carbons (Fsp3) is 0.429. The van der Waals surface area contributed by atoms with E-state index in [1.165, 1.54) is 26.0 Å². The summed E-state index contributed by atoms with van der Waals surface area (Å²) in [7, 11) is 0. The molecule has 0 aliphatic carbocycles. The molecule has 38 heavy (non-hydrogen) atoms. The van der Waals surface area contributed by atoms with Crippen molar-refractivity contribution in [3.8, 4) is 5.75 Å². The first-order valence-electron chi connectivity index (χ1n) is 12.6. The molecule has 0 bridgehead atoms. The fourth-order valence-electron chi connectivity index (χ4n) is 4.30. The Morgan fingerprint density at radius 2 is 1.61 bits per heavy atom. The zero-order chi connectivity index (χ0) is 28.0. The van der Waals surface area contributed by atoms with Crippen molar-refractivity contribution in [3.63, 3.8) is 0 Å². The van der Waals surface area contributed by atoms with Gasteiger partial charge in [-0.3, -0.25) is 19.2 Å². The van der Waals surface area contributed by atoms with Crippen LogP contribution < -0.4 is 16.0 Å². The van der Waals surface area contributed by atoms with E-state index in [1.807, 2.05) is 30.3 Å². The lowest BCUT2D eigenvalue weighted by Crippen LogP contribution is -2.62. The molecule has 1 saturated heterocycles. The monoisotopic (exact) mass is 525 g/mol. The molecule has 1 aliphatic rings. The van der Waals surface area contributed by atoms with Crippen molar-refractivity contribution in [2.75, 3.05) is 0 Å². The zero-order valence-corrected chi connectivity index (χ0v) is 21.9. The number of aliphatic hydroxyl groups is 1. The van der Waals surface area contributed by atoms with Crippen LogP contribution in [-0.2, 0) is 25.5 Å². The third-order valence-electron chi connectivity index (χ3n) is 6.62. The van der Waals surface area contributed by atoms with Crippen molar-refractivity contribution in [1.29, 1.82) is 0 Å². The number of carbonyl (C=O) groups is 4. The molecule has 1 fully saturated rings. The highest BCUT2D eigenvalue weighted by atomic mass is 16.5. The number of hydrogen-bond acceptors (Lipinski definition) is 7. The maximum absolute atomic E-state index is 13.6. The highest BCUT2D eigenvalue weighted by Crippen LogP contribution is 2.20. The van der Waals surface area contributed by atoms with E-state index >= 15 is 0 Å². The van der Waals surface area contributed by atoms with Gasteiger partial charge in [0.05, 0.1) is 29.7 Å². The number of aromatic hydroxyl groups is 1. The van der Waals surface area contributed by atoms with Crippen molar-refractivity contribution in [2.24, 2.45) is 11.8 Å². The SMILES string of the molecule is CC(C)C1OC(=O)[C@H](C)[C@H](O)[C@H](Cc2ccccc2)NC(=O)[C@@H](NC(=O)c2ccccc2O)[C@@H](C)NC1=O. The summed E-state index contributed by atoms with van der Waals surface area (Å²) in [5, 5.41) is 29.3. The summed E-state index contributed by atoms with van der Waals surface area (Å²) in [5.41, 5.74) is 0.758. The van der Waals surface area contributed by atoms with Gasteiger partial charge in [-0.2, -0.15) is 0 Å². The van der Waals surface area contributed by atoms with E-state index < -0.39 is 65.9 Å². The molecule has 3 rings (SSSR count). The third-order valence-corrected chi connectivity index (χ3v) is 6.62. The van der Waals surface area contributed by atoms with E-state index in [2.05, 4.69) is 16.0 Å². The second-order valence-corrected chi connectivity index (χ2v) is 9.95. The molecule has 0 radical (unpaired) electrons. The summed E-state index contributed by atoms with van der Waals surface area (Å²) in [5.74, 6) is -4.55. The van der Waals surface area contributed by atoms with E-state index in [9.17, 15) is 29.4 Å². The molecular weight excluding hydrogens is 490 g/mol. The van der Waals surface area contributed by atoms with Crippen LogP contribution >= 0.6 is 0 Å². The number of carbonyl (C=O) groups excluding carboxylic acids is 4. The molecule has 5 N–H and O–H groups in total. The first kappa shape index (κ1) is 28.6. The Bertz CT molecular complexity index is 1150. The van der Waals surface area contributed by atoms with Gasteiger partial charge in [0, 0.05) is 0 Å². The van der Waals surface area contributed by atoms with E-state index in [0.29, 0.717) is 0 Å². The maximum Gasteiger partial charge on any atom is 0.312 e. The van der Waals surface area contributed by atoms with Gasteiger partial charge in [0.25, 0.3) is 11.8 Å². The van der Waals surface area contributed by atoms with Crippen LogP contribution in [0.1, 0.15) is 43.6 Å². The number of phenolic OH excluding ortho intramolecular Hbond substituents is 1. The predicted octanol–water partition coefficient (Wildman–Crippen LogP) is 1.30. The second-order valence-electron chi connectivity index (χ2n) is 9.95. The number of ether oxygens (including phenoxy) is 1. The van der Waals surface area contributed by atoms with Gasteiger partial charge in [-0.25, -0.2) is 0 Å². The van der Waals surface area contributed by atoms with Gasteiger partial charge in [-0.15, -0.1) is 0 Å². The summed E-state index contributed by atoms with van der Waals surface area (Å²) in [6.07, 6.45) is -2.34. The topological polar surface area (TPSA) is 154 Å². The van der Waals surface area contributed by atoms with Crippen LogP contribution in [-0.4, -0.2) is 64.2 Å². The Hall–Kier alpha value is -3.92. The molecule has 10 heteroatoms. The Morgan fingerprint density at radius 1 is 0.974 bits per heavy atom. The molecule has 204 valence electrons. The van der Waals surface area contributed by atoms with E-state index in [1.54, 1.807) is 26.0 Å². The molecule has 1 aliphatic heterocycles. The first-order valence-corrected chi connectivity index (χ1v) is 12.6. The molecular formula is C28H35N3O7. The second kappa shape index (κ2) is 12.6. The van der Waals surface area contributed by atoms with Crippen molar-refractivity contribution >= 4 is 23.7 Å². The van der Waals surface area contributed by atoms with Gasteiger partial charge in [-0.05, 0) is 43.9 Å². The Morgan fingerprint density at radius 3 is 2.24 bits per heavy atom. The lowest BCUT2D eigenvalue weighted by molar-refractivity contribution is -0.166. The van der Waals surface area contributed by atoms with Gasteiger partial charge in [0.1, 0.15) is 11.8 Å². The number of rotatable bonds is 5. The smallest absolute Gasteiger partial charge is 0.312 e. The van der Waals surface area contributed by atoms with Crippen molar-refractivity contribution in [2.45, 2.75) is 64.4 Å². The molecule has 3 amide bonds. The number of amides is 3. The van der Waals surface area contributed by atoms with Crippen LogP contribution in [0.15, 0.2) is 54.6 Å². The highest BCUT2D eigenvalue weighted by Gasteiger charge is 2.39. The van der Waals surface area contributed by atoms with Gasteiger partial charge in [-0.1, -0.05) is 56.3 Å². The van der Waals surface area contributed by atoms with Crippen molar-refractivity contribution < 1.29 is 34.1 Å². The summed E-state index contributed by atoms with van der Waals surface area (Å²) in [6, 6.07) is 11.8. The number of hydrogen-bond donors (Lipinski definition) is 5. The molecule has 2 aromatic carbocycles. The number of aliphatic hydroxyl groups excluding tert-OH is 1. The van der Waals surface area contributed by atoms with Crippen LogP contribution in [0.5, 0.6) is 5.75 Å². The highest BCUT2D eigenvalue weighted by molar-refractivity contribution is 6.00. The van der Waals surface area contributed by atoms with Crippen LogP contribution in [0.3, 0.4) is 0 Å². The molecule has 2 aromatic rings. The number of benzene rings is 2. The van der Waals surface area contributed by atoms with E-state index in [-0.39, 0.29) is 17.7 Å². The fourth-order valence-corrected chi connectivity index (χ4v) is 4.30. The maximum atomic E-state index is 13.6. The van der Waals surface area contributed by atoms with Gasteiger partial charge in [0.15, 0.2) is 6.10 Å². The summed E-state index contributed by atoms with van der Waals surface area (Å²) in [4.78, 5) is 52.5. The standard InChI is InChI=1S/C28H35N3O7/c1-15(2)24-27(36)29-17(4)22(31-25(34)19-12-8-9-13-21(19)32)26(35)30-20(14-18-10-6-5-7-11-18)23(33)16(3)28(37)38-24/h5-13,15-17,20,22-24,32-33H,14H2,1-4H3,(H,29,36)(H,30,35)(H,31,34)/t16-,17-,20+,22+,23+,24?/m1/s1. The van der Waals surface area contributed by atoms with Crippen molar-refractivity contribution in [3.05, 3.63) is 65.7 Å². The van der Waals surface area contributed by atoms with Gasteiger partial charge < -0.3 is 30.9 Å². The molecule has 0 spiro atoms.